The van der Waals surface area contributed by atoms with Gasteiger partial charge in [-0.15, -0.1) is 0 Å². The summed E-state index contributed by atoms with van der Waals surface area (Å²) in [6.07, 6.45) is 2.68. The Hall–Kier alpha value is -0.980. The molecule has 1 aromatic heterocycles. The largest absolute Gasteiger partial charge is 0.374 e. The third-order valence-electron chi connectivity index (χ3n) is 3.42. The molecule has 1 aliphatic heterocycles. The molecule has 2 unspecified atom stereocenters. The molecule has 102 valence electrons. The van der Waals surface area contributed by atoms with Gasteiger partial charge in [-0.3, -0.25) is 4.68 Å². The van der Waals surface area contributed by atoms with Gasteiger partial charge in [-0.1, -0.05) is 6.92 Å². The van der Waals surface area contributed by atoms with Gasteiger partial charge < -0.3 is 15.0 Å². The summed E-state index contributed by atoms with van der Waals surface area (Å²) in [5.41, 5.74) is 0. The van der Waals surface area contributed by atoms with Crippen molar-refractivity contribution >= 4 is 0 Å². The molecule has 2 atom stereocenters. The molecule has 1 saturated heterocycles. The van der Waals surface area contributed by atoms with E-state index >= 15 is 0 Å². The number of rotatable bonds is 5. The molecule has 1 aromatic rings. The highest BCUT2D eigenvalue weighted by molar-refractivity contribution is 4.93. The highest BCUT2D eigenvalue weighted by Crippen LogP contribution is 2.11. The first kappa shape index (κ1) is 13.5. The molecule has 18 heavy (non-hydrogen) atoms. The van der Waals surface area contributed by atoms with Crippen LogP contribution in [0.3, 0.4) is 0 Å². The molecule has 1 fully saturated rings. The Morgan fingerprint density at radius 3 is 3.00 bits per heavy atom. The van der Waals surface area contributed by atoms with Gasteiger partial charge in [-0.05, 0) is 13.6 Å². The number of ether oxygens (including phenoxy) is 1. The van der Waals surface area contributed by atoms with Crippen LogP contribution in [0.5, 0.6) is 0 Å². The van der Waals surface area contributed by atoms with E-state index in [0.717, 1.165) is 38.5 Å². The Balaban J connectivity index is 2.01. The minimum absolute atomic E-state index is 0.223. The fourth-order valence-corrected chi connectivity index (χ4v) is 2.35. The van der Waals surface area contributed by atoms with Crippen LogP contribution in [0.2, 0.25) is 0 Å². The Kier molecular flexibility index (Phi) is 4.68. The van der Waals surface area contributed by atoms with Crippen LogP contribution in [0.1, 0.15) is 12.7 Å². The van der Waals surface area contributed by atoms with Crippen molar-refractivity contribution in [2.24, 2.45) is 7.05 Å². The zero-order valence-corrected chi connectivity index (χ0v) is 11.5. The molecular formula is C12H23N5O. The van der Waals surface area contributed by atoms with E-state index in [4.69, 9.17) is 4.74 Å². The summed E-state index contributed by atoms with van der Waals surface area (Å²) >= 11 is 0. The minimum Gasteiger partial charge on any atom is -0.374 e. The van der Waals surface area contributed by atoms with Crippen LogP contribution < -0.4 is 5.32 Å². The van der Waals surface area contributed by atoms with E-state index in [1.54, 1.807) is 6.33 Å². The van der Waals surface area contributed by atoms with Crippen LogP contribution in [-0.4, -0.2) is 65.1 Å². The summed E-state index contributed by atoms with van der Waals surface area (Å²) in [7, 11) is 4.07. The van der Waals surface area contributed by atoms with E-state index in [0.29, 0.717) is 6.04 Å². The third kappa shape index (κ3) is 3.28. The average molecular weight is 253 g/mol. The van der Waals surface area contributed by atoms with Crippen LogP contribution >= 0.6 is 0 Å². The van der Waals surface area contributed by atoms with Crippen LogP contribution in [0.15, 0.2) is 6.33 Å². The van der Waals surface area contributed by atoms with Crippen LogP contribution in [0, 0.1) is 0 Å². The molecule has 2 rings (SSSR count). The van der Waals surface area contributed by atoms with Crippen molar-refractivity contribution in [1.29, 1.82) is 0 Å². The van der Waals surface area contributed by atoms with Crippen molar-refractivity contribution in [2.75, 3.05) is 33.3 Å². The first-order valence-electron chi connectivity index (χ1n) is 6.57. The Labute approximate surface area is 108 Å². The monoisotopic (exact) mass is 253 g/mol. The summed E-state index contributed by atoms with van der Waals surface area (Å²) in [5, 5.41) is 7.62. The number of hydrogen-bond donors (Lipinski definition) is 1. The van der Waals surface area contributed by atoms with Crippen molar-refractivity contribution in [3.63, 3.8) is 0 Å². The minimum atomic E-state index is 0.223. The van der Waals surface area contributed by atoms with Gasteiger partial charge in [0, 0.05) is 32.6 Å². The van der Waals surface area contributed by atoms with Crippen LogP contribution in [0.25, 0.3) is 0 Å². The molecule has 1 aliphatic rings. The van der Waals surface area contributed by atoms with Crippen molar-refractivity contribution < 1.29 is 4.74 Å². The Morgan fingerprint density at radius 2 is 2.39 bits per heavy atom. The second kappa shape index (κ2) is 6.26. The summed E-state index contributed by atoms with van der Waals surface area (Å²) in [4.78, 5) is 6.61. The van der Waals surface area contributed by atoms with E-state index < -0.39 is 0 Å². The first-order valence-corrected chi connectivity index (χ1v) is 6.57. The van der Waals surface area contributed by atoms with Gasteiger partial charge in [0.05, 0.1) is 12.7 Å². The van der Waals surface area contributed by atoms with Gasteiger partial charge in [-0.2, -0.15) is 5.10 Å². The normalized spacial score (nSPS) is 23.2. The predicted molar refractivity (Wildman–Crippen MR) is 69.4 cm³/mol. The molecule has 0 saturated carbocycles. The van der Waals surface area contributed by atoms with Gasteiger partial charge in [0.15, 0.2) is 0 Å². The number of likely N-dealkylation sites (N-methyl/N-ethyl adjacent to an activating group) is 2. The molecule has 0 spiro atoms. The molecule has 1 N–H and O–H groups in total. The fourth-order valence-electron chi connectivity index (χ4n) is 2.35. The van der Waals surface area contributed by atoms with E-state index in [1.807, 2.05) is 11.7 Å². The molecule has 0 aromatic carbocycles. The quantitative estimate of drug-likeness (QED) is 0.778. The second-order valence-corrected chi connectivity index (χ2v) is 4.84. The van der Waals surface area contributed by atoms with Gasteiger partial charge in [0.2, 0.25) is 0 Å². The van der Waals surface area contributed by atoms with Gasteiger partial charge in [0.25, 0.3) is 0 Å². The van der Waals surface area contributed by atoms with E-state index in [9.17, 15) is 0 Å². The predicted octanol–water partition coefficient (Wildman–Crippen LogP) is -0.334. The fraction of sp³-hybridized carbons (Fsp3) is 0.833. The maximum atomic E-state index is 5.89. The van der Waals surface area contributed by atoms with E-state index in [1.165, 1.54) is 0 Å². The number of nitrogens with one attached hydrogen (secondary N) is 1. The molecule has 0 radical (unpaired) electrons. The van der Waals surface area contributed by atoms with Crippen molar-refractivity contribution in [3.05, 3.63) is 12.2 Å². The maximum absolute atomic E-state index is 5.89. The standard InChI is InChI=1S/C12H23N5O/c1-4-13-10(7-12-14-9-15-17(12)3)11-8-16(2)5-6-18-11/h9-11,13H,4-8H2,1-3H3. The number of aromatic nitrogens is 3. The molecule has 0 bridgehead atoms. The van der Waals surface area contributed by atoms with Crippen LogP contribution in [0.4, 0.5) is 0 Å². The SMILES string of the molecule is CCNC(Cc1ncnn1C)C1CN(C)CCO1. The lowest BCUT2D eigenvalue weighted by molar-refractivity contribution is -0.0385. The van der Waals surface area contributed by atoms with Gasteiger partial charge in [0.1, 0.15) is 12.2 Å². The van der Waals surface area contributed by atoms with Crippen LogP contribution in [-0.2, 0) is 18.2 Å². The van der Waals surface area contributed by atoms with Gasteiger partial charge in [-0.25, -0.2) is 4.98 Å². The summed E-state index contributed by atoms with van der Waals surface area (Å²) < 4.78 is 7.72. The smallest absolute Gasteiger partial charge is 0.138 e. The number of hydrogen-bond acceptors (Lipinski definition) is 5. The summed E-state index contributed by atoms with van der Waals surface area (Å²) in [6.45, 7) is 5.85. The van der Waals surface area contributed by atoms with Crippen molar-refractivity contribution in [3.8, 4) is 0 Å². The number of aryl methyl sites for hydroxylation is 1. The Bertz CT molecular complexity index is 367. The maximum Gasteiger partial charge on any atom is 0.138 e. The molecule has 2 heterocycles. The highest BCUT2D eigenvalue weighted by Gasteiger charge is 2.27. The number of morpholine rings is 1. The Morgan fingerprint density at radius 1 is 1.56 bits per heavy atom. The molecule has 0 amide bonds. The topological polar surface area (TPSA) is 55.2 Å². The summed E-state index contributed by atoms with van der Waals surface area (Å²) in [6, 6.07) is 0.292. The lowest BCUT2D eigenvalue weighted by atomic mass is 10.1. The molecule has 6 nitrogen and oxygen atoms in total. The molecular weight excluding hydrogens is 230 g/mol. The lowest BCUT2D eigenvalue weighted by Crippen LogP contribution is -2.52. The zero-order chi connectivity index (χ0) is 13.0. The highest BCUT2D eigenvalue weighted by atomic mass is 16.5. The van der Waals surface area contributed by atoms with Crippen molar-refractivity contribution in [1.82, 2.24) is 25.0 Å². The van der Waals surface area contributed by atoms with E-state index in [2.05, 4.69) is 34.3 Å². The lowest BCUT2D eigenvalue weighted by Gasteiger charge is -2.35. The number of nitrogens with zero attached hydrogens (tertiary/aromatic N) is 4. The first-order chi connectivity index (χ1) is 8.70. The average Bonchev–Trinajstić information content (AvgIpc) is 2.74. The molecule has 6 heteroatoms. The molecule has 0 aliphatic carbocycles. The zero-order valence-electron chi connectivity index (χ0n) is 11.5. The summed E-state index contributed by atoms with van der Waals surface area (Å²) in [5.74, 6) is 0.998. The third-order valence-corrected chi connectivity index (χ3v) is 3.42. The second-order valence-electron chi connectivity index (χ2n) is 4.84. The van der Waals surface area contributed by atoms with Crippen molar-refractivity contribution in [2.45, 2.75) is 25.5 Å². The van der Waals surface area contributed by atoms with Gasteiger partial charge >= 0.3 is 0 Å². The van der Waals surface area contributed by atoms with E-state index in [-0.39, 0.29) is 6.10 Å².